The van der Waals surface area contributed by atoms with E-state index in [9.17, 15) is 0 Å². The topological polar surface area (TPSA) is 27.7 Å². The maximum Gasteiger partial charge on any atom is 0.504 e. The summed E-state index contributed by atoms with van der Waals surface area (Å²) in [7, 11) is -2.60. The molecular formula is C15H28O3Si. The van der Waals surface area contributed by atoms with Gasteiger partial charge in [0.25, 0.3) is 0 Å². The molecule has 0 aromatic rings. The standard InChI is InChI=1S/C15H28O3Si/c1-6-11-15(12-7-2)14-18-19(13-8-3,16-9-4)17-10-5/h6-8,15H,1-3,9-14H2,4-5H3. The Morgan fingerprint density at radius 1 is 0.895 bits per heavy atom. The highest BCUT2D eigenvalue weighted by atomic mass is 28.4. The van der Waals surface area contributed by atoms with Crippen LogP contribution in [0.3, 0.4) is 0 Å². The van der Waals surface area contributed by atoms with Crippen molar-refractivity contribution in [3.8, 4) is 0 Å². The van der Waals surface area contributed by atoms with Crippen LogP contribution in [-0.2, 0) is 13.3 Å². The Hall–Kier alpha value is -0.683. The Labute approximate surface area is 119 Å². The Kier molecular flexibility index (Phi) is 10.8. The van der Waals surface area contributed by atoms with E-state index >= 15 is 0 Å². The zero-order valence-electron chi connectivity index (χ0n) is 12.4. The van der Waals surface area contributed by atoms with Crippen molar-refractivity contribution in [3.05, 3.63) is 38.0 Å². The maximum atomic E-state index is 6.05. The van der Waals surface area contributed by atoms with E-state index < -0.39 is 8.80 Å². The summed E-state index contributed by atoms with van der Waals surface area (Å²) in [5, 5.41) is 0. The third-order valence-corrected chi connectivity index (χ3v) is 5.51. The van der Waals surface area contributed by atoms with E-state index in [2.05, 4.69) is 19.7 Å². The predicted molar refractivity (Wildman–Crippen MR) is 83.1 cm³/mol. The molecule has 0 bridgehead atoms. The molecule has 0 spiro atoms. The quantitative estimate of drug-likeness (QED) is 0.378. The van der Waals surface area contributed by atoms with Gasteiger partial charge in [-0.3, -0.25) is 0 Å². The SMILES string of the molecule is C=CCC(CC=C)CO[Si](CC=C)(OCC)OCC. The van der Waals surface area contributed by atoms with Crippen LogP contribution in [0.15, 0.2) is 38.0 Å². The molecule has 0 fully saturated rings. The zero-order valence-corrected chi connectivity index (χ0v) is 13.4. The normalized spacial score (nSPS) is 11.5. The number of rotatable bonds is 13. The average molecular weight is 284 g/mol. The third kappa shape index (κ3) is 7.47. The molecule has 0 amide bonds. The molecule has 0 aliphatic carbocycles. The van der Waals surface area contributed by atoms with E-state index in [1.54, 1.807) is 0 Å². The lowest BCUT2D eigenvalue weighted by molar-refractivity contribution is 0.0578. The Morgan fingerprint density at radius 3 is 1.79 bits per heavy atom. The fourth-order valence-electron chi connectivity index (χ4n) is 1.87. The Balaban J connectivity index is 4.61. The summed E-state index contributed by atoms with van der Waals surface area (Å²) in [6, 6.07) is 0.642. The van der Waals surface area contributed by atoms with Gasteiger partial charge in [-0.05, 0) is 32.6 Å². The molecular weight excluding hydrogens is 256 g/mol. The van der Waals surface area contributed by atoms with E-state index in [4.69, 9.17) is 13.3 Å². The lowest BCUT2D eigenvalue weighted by Gasteiger charge is -2.29. The van der Waals surface area contributed by atoms with Crippen LogP contribution in [0.25, 0.3) is 0 Å². The van der Waals surface area contributed by atoms with E-state index in [1.165, 1.54) is 0 Å². The highest BCUT2D eigenvalue weighted by molar-refractivity contribution is 6.61. The lowest BCUT2D eigenvalue weighted by Crippen LogP contribution is -2.46. The van der Waals surface area contributed by atoms with Crippen molar-refractivity contribution in [1.29, 1.82) is 0 Å². The molecule has 0 aromatic carbocycles. The summed E-state index contributed by atoms with van der Waals surface area (Å²) in [4.78, 5) is 0. The van der Waals surface area contributed by atoms with Gasteiger partial charge in [-0.25, -0.2) is 0 Å². The molecule has 0 aliphatic heterocycles. The van der Waals surface area contributed by atoms with Crippen molar-refractivity contribution in [2.45, 2.75) is 32.7 Å². The molecule has 0 unspecified atom stereocenters. The van der Waals surface area contributed by atoms with Gasteiger partial charge in [0.2, 0.25) is 0 Å². The molecule has 0 rings (SSSR count). The van der Waals surface area contributed by atoms with Crippen molar-refractivity contribution in [2.24, 2.45) is 5.92 Å². The van der Waals surface area contributed by atoms with E-state index in [-0.39, 0.29) is 0 Å². The molecule has 0 heterocycles. The van der Waals surface area contributed by atoms with Gasteiger partial charge in [-0.1, -0.05) is 18.2 Å². The molecule has 110 valence electrons. The van der Waals surface area contributed by atoms with Crippen LogP contribution in [0.1, 0.15) is 26.7 Å². The summed E-state index contributed by atoms with van der Waals surface area (Å²) >= 11 is 0. The highest BCUT2D eigenvalue weighted by Crippen LogP contribution is 2.20. The average Bonchev–Trinajstić information content (AvgIpc) is 2.37. The molecule has 4 heteroatoms. The van der Waals surface area contributed by atoms with Crippen LogP contribution >= 0.6 is 0 Å². The van der Waals surface area contributed by atoms with Crippen LogP contribution in [-0.4, -0.2) is 28.6 Å². The largest absolute Gasteiger partial charge is 0.504 e. The number of allylic oxidation sites excluding steroid dienone is 3. The van der Waals surface area contributed by atoms with E-state index in [0.29, 0.717) is 31.8 Å². The molecule has 3 nitrogen and oxygen atoms in total. The van der Waals surface area contributed by atoms with Crippen molar-refractivity contribution >= 4 is 8.80 Å². The van der Waals surface area contributed by atoms with Crippen molar-refractivity contribution in [2.75, 3.05) is 19.8 Å². The first kappa shape index (κ1) is 18.3. The molecule has 0 aliphatic rings. The van der Waals surface area contributed by atoms with Gasteiger partial charge in [-0.2, -0.15) is 0 Å². The van der Waals surface area contributed by atoms with Gasteiger partial charge in [0, 0.05) is 25.9 Å². The minimum Gasteiger partial charge on any atom is -0.374 e. The van der Waals surface area contributed by atoms with E-state index in [1.807, 2.05) is 32.1 Å². The molecule has 0 saturated heterocycles. The summed E-state index contributed by atoms with van der Waals surface area (Å²) in [6.07, 6.45) is 7.45. The van der Waals surface area contributed by atoms with Gasteiger partial charge in [0.05, 0.1) is 0 Å². The molecule has 0 radical (unpaired) electrons. The van der Waals surface area contributed by atoms with Crippen molar-refractivity contribution in [3.63, 3.8) is 0 Å². The first-order valence-electron chi connectivity index (χ1n) is 6.92. The zero-order chi connectivity index (χ0) is 14.6. The predicted octanol–water partition coefficient (Wildman–Crippen LogP) is 3.97. The summed E-state index contributed by atoms with van der Waals surface area (Å²) in [5.74, 6) is 0.382. The monoisotopic (exact) mass is 284 g/mol. The molecule has 0 N–H and O–H groups in total. The number of hydrogen-bond acceptors (Lipinski definition) is 3. The first-order valence-corrected chi connectivity index (χ1v) is 8.85. The van der Waals surface area contributed by atoms with Crippen molar-refractivity contribution in [1.82, 2.24) is 0 Å². The fourth-order valence-corrected chi connectivity index (χ4v) is 4.19. The second kappa shape index (κ2) is 11.2. The van der Waals surface area contributed by atoms with Crippen molar-refractivity contribution < 1.29 is 13.3 Å². The van der Waals surface area contributed by atoms with E-state index in [0.717, 1.165) is 12.8 Å². The smallest absolute Gasteiger partial charge is 0.374 e. The van der Waals surface area contributed by atoms with Crippen LogP contribution < -0.4 is 0 Å². The van der Waals surface area contributed by atoms with Gasteiger partial charge in [-0.15, -0.1) is 19.7 Å². The van der Waals surface area contributed by atoms with Crippen LogP contribution in [0, 0.1) is 5.92 Å². The number of hydrogen-bond donors (Lipinski definition) is 0. The van der Waals surface area contributed by atoms with Crippen LogP contribution in [0.4, 0.5) is 0 Å². The fraction of sp³-hybridized carbons (Fsp3) is 0.600. The van der Waals surface area contributed by atoms with Gasteiger partial charge in [0.1, 0.15) is 0 Å². The maximum absolute atomic E-state index is 6.05. The van der Waals surface area contributed by atoms with Gasteiger partial charge < -0.3 is 13.3 Å². The second-order valence-corrected chi connectivity index (χ2v) is 6.91. The van der Waals surface area contributed by atoms with Gasteiger partial charge >= 0.3 is 8.80 Å². The minimum atomic E-state index is -2.60. The van der Waals surface area contributed by atoms with Crippen LogP contribution in [0.5, 0.6) is 0 Å². The second-order valence-electron chi connectivity index (χ2n) is 4.27. The molecule has 0 aromatic heterocycles. The molecule has 0 atom stereocenters. The highest BCUT2D eigenvalue weighted by Gasteiger charge is 2.39. The summed E-state index contributed by atoms with van der Waals surface area (Å²) in [6.45, 7) is 17.0. The first-order chi connectivity index (χ1) is 9.17. The Bertz CT molecular complexity index is 250. The Morgan fingerprint density at radius 2 is 1.42 bits per heavy atom. The summed E-state index contributed by atoms with van der Waals surface area (Å²) in [5.41, 5.74) is 0. The van der Waals surface area contributed by atoms with Gasteiger partial charge in [0.15, 0.2) is 0 Å². The minimum absolute atomic E-state index is 0.382. The molecule has 19 heavy (non-hydrogen) atoms. The summed E-state index contributed by atoms with van der Waals surface area (Å²) < 4.78 is 17.6. The molecule has 0 saturated carbocycles. The van der Waals surface area contributed by atoms with Crippen LogP contribution in [0.2, 0.25) is 6.04 Å². The lowest BCUT2D eigenvalue weighted by atomic mass is 10.0. The third-order valence-electron chi connectivity index (χ3n) is 2.66.